The van der Waals surface area contributed by atoms with Gasteiger partial charge in [0, 0.05) is 20.1 Å². The molecule has 2 aromatic heterocycles. The van der Waals surface area contributed by atoms with Crippen LogP contribution in [0.4, 0.5) is 11.6 Å². The number of nitro groups is 1. The van der Waals surface area contributed by atoms with Gasteiger partial charge in [-0.2, -0.15) is 5.10 Å². The van der Waals surface area contributed by atoms with Crippen molar-refractivity contribution >= 4 is 28.6 Å². The predicted octanol–water partition coefficient (Wildman–Crippen LogP) is 2.42. The number of hydrogen-bond donors (Lipinski definition) is 1. The molecule has 152 valence electrons. The minimum absolute atomic E-state index is 0.230. The van der Waals surface area contributed by atoms with Crippen molar-refractivity contribution in [2.75, 3.05) is 25.0 Å². The number of amides is 1. The zero-order valence-corrected chi connectivity index (χ0v) is 16.2. The lowest BCUT2D eigenvalue weighted by Gasteiger charge is -2.26. The molecule has 0 radical (unpaired) electrons. The first kappa shape index (κ1) is 19.1. The second-order valence-corrected chi connectivity index (χ2v) is 7.23. The number of aryl methyl sites for hydroxylation is 1. The van der Waals surface area contributed by atoms with Crippen molar-refractivity contribution in [2.45, 2.75) is 25.8 Å². The minimum atomic E-state index is -0.646. The summed E-state index contributed by atoms with van der Waals surface area (Å²) in [6.07, 6.45) is 4.90. The highest BCUT2D eigenvalue weighted by molar-refractivity contribution is 6.05. The molecule has 0 unspecified atom stereocenters. The molecule has 1 saturated heterocycles. The van der Waals surface area contributed by atoms with Gasteiger partial charge in [-0.25, -0.2) is 4.98 Å². The average Bonchev–Trinajstić information content (AvgIpc) is 3.27. The van der Waals surface area contributed by atoms with Crippen molar-refractivity contribution in [3.63, 3.8) is 0 Å². The van der Waals surface area contributed by atoms with Gasteiger partial charge in [0.2, 0.25) is 11.6 Å². The Hall–Kier alpha value is -3.27. The zero-order chi connectivity index (χ0) is 20.4. The van der Waals surface area contributed by atoms with E-state index in [1.807, 2.05) is 28.8 Å². The van der Waals surface area contributed by atoms with E-state index in [-0.39, 0.29) is 11.4 Å². The Kier molecular flexibility index (Phi) is 5.26. The summed E-state index contributed by atoms with van der Waals surface area (Å²) < 4.78 is 3.21. The number of para-hydroxylation sites is 2. The fraction of sp³-hybridized carbons (Fsp3) is 0.421. The van der Waals surface area contributed by atoms with E-state index in [0.717, 1.165) is 30.7 Å². The van der Waals surface area contributed by atoms with Crippen LogP contribution in [0.15, 0.2) is 30.5 Å². The summed E-state index contributed by atoms with van der Waals surface area (Å²) in [6, 6.07) is 7.65. The van der Waals surface area contributed by atoms with Gasteiger partial charge in [0.15, 0.2) is 0 Å². The Balaban J connectivity index is 1.61. The maximum atomic E-state index is 12.7. The topological polar surface area (TPSA) is 111 Å². The first-order valence-corrected chi connectivity index (χ1v) is 9.70. The Bertz CT molecular complexity index is 1050. The van der Waals surface area contributed by atoms with Crippen LogP contribution >= 0.6 is 0 Å². The normalized spacial score (nSPS) is 14.9. The standard InChI is InChI=1S/C19H23N7O3/c1-23-13-16(26(28)29)17(22-23)18(27)21-19-20-14-7-3-4-8-15(14)25(19)12-11-24-9-5-2-6-10-24/h3-4,7-8,13H,2,5-6,9-12H2,1H3,(H,20,21,27). The van der Waals surface area contributed by atoms with Crippen LogP contribution < -0.4 is 5.32 Å². The quantitative estimate of drug-likeness (QED) is 0.505. The number of benzene rings is 1. The van der Waals surface area contributed by atoms with Gasteiger partial charge in [-0.1, -0.05) is 18.6 Å². The highest BCUT2D eigenvalue weighted by Gasteiger charge is 2.26. The molecule has 10 nitrogen and oxygen atoms in total. The third kappa shape index (κ3) is 3.97. The number of rotatable bonds is 6. The largest absolute Gasteiger partial charge is 0.320 e. The van der Waals surface area contributed by atoms with Crippen LogP contribution in [0.25, 0.3) is 11.0 Å². The summed E-state index contributed by atoms with van der Waals surface area (Å²) in [7, 11) is 1.54. The number of carbonyl (C=O) groups excluding carboxylic acids is 1. The molecule has 1 aliphatic heterocycles. The molecule has 10 heteroatoms. The summed E-state index contributed by atoms with van der Waals surface area (Å²) in [5.41, 5.74) is 1.11. The van der Waals surface area contributed by atoms with Crippen LogP contribution in [-0.2, 0) is 13.6 Å². The number of aromatic nitrogens is 4. The molecule has 1 aromatic carbocycles. The van der Waals surface area contributed by atoms with Gasteiger partial charge in [0.05, 0.1) is 16.0 Å². The monoisotopic (exact) mass is 397 g/mol. The van der Waals surface area contributed by atoms with E-state index in [1.165, 1.54) is 37.2 Å². The van der Waals surface area contributed by atoms with Crippen molar-refractivity contribution < 1.29 is 9.72 Å². The molecular formula is C19H23N7O3. The van der Waals surface area contributed by atoms with E-state index in [1.54, 1.807) is 0 Å². The van der Waals surface area contributed by atoms with E-state index in [9.17, 15) is 14.9 Å². The van der Waals surface area contributed by atoms with Crippen LogP contribution in [0.5, 0.6) is 0 Å². The summed E-state index contributed by atoms with van der Waals surface area (Å²) >= 11 is 0. The smallest absolute Gasteiger partial charge is 0.309 e. The number of piperidine rings is 1. The number of anilines is 1. The summed E-state index contributed by atoms with van der Waals surface area (Å²) in [5, 5.41) is 17.9. The number of nitrogens with one attached hydrogen (secondary N) is 1. The Morgan fingerprint density at radius 3 is 2.72 bits per heavy atom. The fourth-order valence-electron chi connectivity index (χ4n) is 3.75. The molecule has 0 bridgehead atoms. The highest BCUT2D eigenvalue weighted by Crippen LogP contribution is 2.22. The van der Waals surface area contributed by atoms with E-state index in [4.69, 9.17) is 0 Å². The summed E-state index contributed by atoms with van der Waals surface area (Å²) in [4.78, 5) is 30.3. The zero-order valence-electron chi connectivity index (χ0n) is 16.2. The number of carbonyl (C=O) groups is 1. The molecule has 1 N–H and O–H groups in total. The number of fused-ring (bicyclic) bond motifs is 1. The lowest BCUT2D eigenvalue weighted by molar-refractivity contribution is -0.385. The van der Waals surface area contributed by atoms with E-state index in [0.29, 0.717) is 12.5 Å². The second-order valence-electron chi connectivity index (χ2n) is 7.23. The van der Waals surface area contributed by atoms with Crippen LogP contribution in [-0.4, -0.2) is 54.7 Å². The first-order chi connectivity index (χ1) is 14.0. The van der Waals surface area contributed by atoms with Gasteiger partial charge >= 0.3 is 5.69 Å². The fourth-order valence-corrected chi connectivity index (χ4v) is 3.75. The Labute approximate surface area is 167 Å². The maximum Gasteiger partial charge on any atom is 0.320 e. The van der Waals surface area contributed by atoms with Crippen molar-refractivity contribution in [3.05, 3.63) is 46.3 Å². The van der Waals surface area contributed by atoms with E-state index in [2.05, 4.69) is 20.3 Å². The Morgan fingerprint density at radius 1 is 1.21 bits per heavy atom. The molecule has 1 fully saturated rings. The lowest BCUT2D eigenvalue weighted by Crippen LogP contribution is -2.32. The molecule has 3 aromatic rings. The third-order valence-corrected chi connectivity index (χ3v) is 5.19. The molecule has 29 heavy (non-hydrogen) atoms. The Morgan fingerprint density at radius 2 is 1.97 bits per heavy atom. The SMILES string of the molecule is Cn1cc([N+](=O)[O-])c(C(=O)Nc2nc3ccccc3n2CCN2CCCCC2)n1. The number of hydrogen-bond acceptors (Lipinski definition) is 6. The molecule has 0 saturated carbocycles. The molecule has 0 atom stereocenters. The molecular weight excluding hydrogens is 374 g/mol. The van der Waals surface area contributed by atoms with E-state index < -0.39 is 10.8 Å². The average molecular weight is 397 g/mol. The third-order valence-electron chi connectivity index (χ3n) is 5.19. The first-order valence-electron chi connectivity index (χ1n) is 9.70. The van der Waals surface area contributed by atoms with Gasteiger partial charge in [0.1, 0.15) is 6.20 Å². The van der Waals surface area contributed by atoms with E-state index >= 15 is 0 Å². The molecule has 1 aliphatic rings. The van der Waals surface area contributed by atoms with Gasteiger partial charge in [-0.05, 0) is 38.1 Å². The van der Waals surface area contributed by atoms with Gasteiger partial charge < -0.3 is 9.47 Å². The van der Waals surface area contributed by atoms with Crippen LogP contribution in [0.1, 0.15) is 29.8 Å². The van der Waals surface area contributed by atoms with Gasteiger partial charge in [0.25, 0.3) is 5.91 Å². The van der Waals surface area contributed by atoms with Gasteiger partial charge in [-0.15, -0.1) is 0 Å². The molecule has 1 amide bonds. The number of likely N-dealkylation sites (tertiary alicyclic amines) is 1. The van der Waals surface area contributed by atoms with Gasteiger partial charge in [-0.3, -0.25) is 24.9 Å². The second kappa shape index (κ2) is 8.00. The molecule has 0 spiro atoms. The molecule has 4 rings (SSSR count). The van der Waals surface area contributed by atoms with Crippen LogP contribution in [0.2, 0.25) is 0 Å². The number of imidazole rings is 1. The van der Waals surface area contributed by atoms with Crippen LogP contribution in [0.3, 0.4) is 0 Å². The predicted molar refractivity (Wildman–Crippen MR) is 108 cm³/mol. The highest BCUT2D eigenvalue weighted by atomic mass is 16.6. The molecule has 3 heterocycles. The van der Waals surface area contributed by atoms with Crippen molar-refractivity contribution in [1.82, 2.24) is 24.2 Å². The number of nitrogens with zero attached hydrogens (tertiary/aromatic N) is 6. The molecule has 0 aliphatic carbocycles. The lowest BCUT2D eigenvalue weighted by atomic mass is 10.1. The van der Waals surface area contributed by atoms with Crippen LogP contribution in [0, 0.1) is 10.1 Å². The minimum Gasteiger partial charge on any atom is -0.309 e. The summed E-state index contributed by atoms with van der Waals surface area (Å²) in [6.45, 7) is 3.68. The van der Waals surface area contributed by atoms with Crippen molar-refractivity contribution in [1.29, 1.82) is 0 Å². The van der Waals surface area contributed by atoms with Crippen molar-refractivity contribution in [2.24, 2.45) is 7.05 Å². The summed E-state index contributed by atoms with van der Waals surface area (Å²) in [5.74, 6) is -0.278. The maximum absolute atomic E-state index is 12.7. The van der Waals surface area contributed by atoms with Crippen molar-refractivity contribution in [3.8, 4) is 0 Å².